The van der Waals surface area contributed by atoms with E-state index in [4.69, 9.17) is 9.47 Å². The van der Waals surface area contributed by atoms with Crippen LogP contribution >= 0.6 is 0 Å². The molecular weight excluding hydrogens is 244 g/mol. The third-order valence-electron chi connectivity index (χ3n) is 5.47. The van der Waals surface area contributed by atoms with Gasteiger partial charge in [0, 0.05) is 5.41 Å². The van der Waals surface area contributed by atoms with Gasteiger partial charge < -0.3 is 14.6 Å². The molecule has 3 rings (SSSR count). The van der Waals surface area contributed by atoms with E-state index in [9.17, 15) is 9.90 Å². The lowest BCUT2D eigenvalue weighted by molar-refractivity contribution is -0.141. The van der Waals surface area contributed by atoms with Crippen LogP contribution in [0, 0.1) is 5.41 Å². The summed E-state index contributed by atoms with van der Waals surface area (Å²) in [5.41, 5.74) is -0.262. The van der Waals surface area contributed by atoms with Gasteiger partial charge in [0.15, 0.2) is 0 Å². The van der Waals surface area contributed by atoms with E-state index >= 15 is 0 Å². The van der Waals surface area contributed by atoms with Gasteiger partial charge in [-0.15, -0.1) is 0 Å². The van der Waals surface area contributed by atoms with Gasteiger partial charge in [-0.25, -0.2) is 4.79 Å². The highest BCUT2D eigenvalue weighted by Crippen LogP contribution is 2.74. The van der Waals surface area contributed by atoms with E-state index in [2.05, 4.69) is 0 Å². The topological polar surface area (TPSA) is 55.8 Å². The third-order valence-corrected chi connectivity index (χ3v) is 5.47. The zero-order chi connectivity index (χ0) is 14.1. The molecule has 0 aromatic carbocycles. The highest BCUT2D eigenvalue weighted by Gasteiger charge is 2.80. The van der Waals surface area contributed by atoms with E-state index in [1.54, 1.807) is 0 Å². The van der Waals surface area contributed by atoms with Crippen molar-refractivity contribution in [1.29, 1.82) is 0 Å². The highest BCUT2D eigenvalue weighted by molar-refractivity contribution is 5.94. The van der Waals surface area contributed by atoms with Crippen LogP contribution in [0.3, 0.4) is 0 Å². The van der Waals surface area contributed by atoms with Crippen molar-refractivity contribution in [1.82, 2.24) is 0 Å². The monoisotopic (exact) mass is 266 g/mol. The molecule has 2 heterocycles. The van der Waals surface area contributed by atoms with Crippen molar-refractivity contribution in [2.24, 2.45) is 5.41 Å². The van der Waals surface area contributed by atoms with Gasteiger partial charge in [-0.2, -0.15) is 0 Å². The molecule has 0 amide bonds. The molecule has 19 heavy (non-hydrogen) atoms. The Morgan fingerprint density at radius 3 is 2.53 bits per heavy atom. The molecule has 1 saturated heterocycles. The molecule has 4 heteroatoms. The molecule has 2 aliphatic heterocycles. The number of aliphatic hydroxyl groups is 1. The molecule has 1 N–H and O–H groups in total. The second kappa shape index (κ2) is 3.61. The molecule has 3 aliphatic rings. The lowest BCUT2D eigenvalue weighted by Crippen LogP contribution is -2.52. The quantitative estimate of drug-likeness (QED) is 0.793. The normalized spacial score (nSPS) is 42.1. The second-order valence-corrected chi connectivity index (χ2v) is 6.24. The molecule has 106 valence electrons. The minimum atomic E-state index is -0.872. The molecule has 1 unspecified atom stereocenters. The zero-order valence-corrected chi connectivity index (χ0v) is 12.1. The Hall–Kier alpha value is -0.870. The van der Waals surface area contributed by atoms with E-state index in [0.717, 1.165) is 18.4 Å². The van der Waals surface area contributed by atoms with Gasteiger partial charge in [-0.1, -0.05) is 6.92 Å². The summed E-state index contributed by atoms with van der Waals surface area (Å²) in [6.45, 7) is 7.97. The Kier molecular flexibility index (Phi) is 2.50. The van der Waals surface area contributed by atoms with Gasteiger partial charge in [0.1, 0.15) is 17.3 Å². The number of fused-ring (bicyclic) bond motifs is 3. The highest BCUT2D eigenvalue weighted by atomic mass is 16.6. The molecule has 0 aromatic heterocycles. The van der Waals surface area contributed by atoms with Gasteiger partial charge in [-0.05, 0) is 45.6 Å². The molecule has 2 fully saturated rings. The minimum Gasteiger partial charge on any atom is -0.463 e. The molecule has 0 radical (unpaired) electrons. The van der Waals surface area contributed by atoms with Gasteiger partial charge in [-0.3, -0.25) is 0 Å². The molecule has 1 spiro atoms. The van der Waals surface area contributed by atoms with Gasteiger partial charge >= 0.3 is 5.97 Å². The number of hydrogen-bond donors (Lipinski definition) is 1. The molecule has 3 atom stereocenters. The van der Waals surface area contributed by atoms with E-state index in [1.807, 2.05) is 27.7 Å². The van der Waals surface area contributed by atoms with Crippen LogP contribution in [0.1, 0.15) is 47.0 Å². The van der Waals surface area contributed by atoms with E-state index in [1.165, 1.54) is 0 Å². The maximum absolute atomic E-state index is 12.3. The summed E-state index contributed by atoms with van der Waals surface area (Å²) in [5.74, 6) is -0.272. The van der Waals surface area contributed by atoms with E-state index < -0.39 is 11.2 Å². The SMILES string of the molecule is CCOC(=O)C1=C(CC)[C@H]2O[C@]1(C)C1(CC1)C2(C)O. The van der Waals surface area contributed by atoms with Crippen molar-refractivity contribution in [3.63, 3.8) is 0 Å². The largest absolute Gasteiger partial charge is 0.463 e. The Morgan fingerprint density at radius 1 is 1.42 bits per heavy atom. The summed E-state index contributed by atoms with van der Waals surface area (Å²) in [7, 11) is 0. The zero-order valence-electron chi connectivity index (χ0n) is 12.1. The smallest absolute Gasteiger partial charge is 0.337 e. The minimum absolute atomic E-state index is 0.272. The van der Waals surface area contributed by atoms with Crippen LogP contribution in [0.15, 0.2) is 11.1 Å². The van der Waals surface area contributed by atoms with Crippen molar-refractivity contribution < 1.29 is 19.4 Å². The molecule has 4 nitrogen and oxygen atoms in total. The second-order valence-electron chi connectivity index (χ2n) is 6.24. The fraction of sp³-hybridized carbons (Fsp3) is 0.800. The van der Waals surface area contributed by atoms with Crippen LogP contribution in [-0.4, -0.2) is 35.0 Å². The summed E-state index contributed by atoms with van der Waals surface area (Å²) in [5, 5.41) is 10.9. The Morgan fingerprint density at radius 2 is 2.05 bits per heavy atom. The first-order valence-corrected chi connectivity index (χ1v) is 7.16. The molecule has 2 bridgehead atoms. The summed E-state index contributed by atoms with van der Waals surface area (Å²) >= 11 is 0. The van der Waals surface area contributed by atoms with Crippen LogP contribution in [0.4, 0.5) is 0 Å². The lowest BCUT2D eigenvalue weighted by Gasteiger charge is -2.40. The van der Waals surface area contributed by atoms with Gasteiger partial charge in [0.25, 0.3) is 0 Å². The van der Waals surface area contributed by atoms with Crippen molar-refractivity contribution in [3.8, 4) is 0 Å². The fourth-order valence-corrected chi connectivity index (χ4v) is 4.34. The van der Waals surface area contributed by atoms with Crippen LogP contribution in [0.2, 0.25) is 0 Å². The number of carbonyl (C=O) groups excluding carboxylic acids is 1. The Bertz CT molecular complexity index is 473. The summed E-state index contributed by atoms with van der Waals surface area (Å²) < 4.78 is 11.3. The Labute approximate surface area is 113 Å². The number of carbonyl (C=O) groups is 1. The molecular formula is C15H22O4. The van der Waals surface area contributed by atoms with Crippen molar-refractivity contribution in [2.75, 3.05) is 6.61 Å². The first-order chi connectivity index (χ1) is 8.85. The van der Waals surface area contributed by atoms with Crippen molar-refractivity contribution in [3.05, 3.63) is 11.1 Å². The first-order valence-electron chi connectivity index (χ1n) is 7.16. The van der Waals surface area contributed by atoms with Gasteiger partial charge in [0.2, 0.25) is 0 Å². The maximum atomic E-state index is 12.3. The predicted octanol–water partition coefficient (Wildman–Crippen LogP) is 1.96. The number of hydrogen-bond acceptors (Lipinski definition) is 4. The standard InChI is InChI=1S/C15H22O4/c1-5-9-10(12(16)18-6-2)14(4)15(7-8-15)13(3,17)11(9)19-14/h11,17H,5-8H2,1-4H3/t11-,13?,14+/m1/s1. The van der Waals surface area contributed by atoms with E-state index in [0.29, 0.717) is 18.6 Å². The number of ether oxygens (including phenoxy) is 2. The molecule has 1 saturated carbocycles. The number of rotatable bonds is 3. The third kappa shape index (κ3) is 1.24. The average molecular weight is 266 g/mol. The summed E-state index contributed by atoms with van der Waals surface area (Å²) in [6.07, 6.45) is 2.17. The number of esters is 1. The maximum Gasteiger partial charge on any atom is 0.337 e. The average Bonchev–Trinajstić information content (AvgIpc) is 3.06. The lowest BCUT2D eigenvalue weighted by atomic mass is 9.64. The summed E-state index contributed by atoms with van der Waals surface area (Å²) in [4.78, 5) is 12.3. The van der Waals surface area contributed by atoms with Crippen LogP contribution in [0.25, 0.3) is 0 Å². The van der Waals surface area contributed by atoms with Gasteiger partial charge in [0.05, 0.1) is 12.2 Å². The van der Waals surface area contributed by atoms with Crippen molar-refractivity contribution in [2.45, 2.75) is 64.3 Å². The van der Waals surface area contributed by atoms with Crippen LogP contribution < -0.4 is 0 Å². The first kappa shape index (κ1) is 13.1. The Balaban J connectivity index is 2.12. The predicted molar refractivity (Wildman–Crippen MR) is 69.5 cm³/mol. The van der Waals surface area contributed by atoms with Crippen LogP contribution in [-0.2, 0) is 14.3 Å². The van der Waals surface area contributed by atoms with Crippen molar-refractivity contribution >= 4 is 5.97 Å². The molecule has 0 aromatic rings. The van der Waals surface area contributed by atoms with E-state index in [-0.39, 0.29) is 17.5 Å². The molecule has 1 aliphatic carbocycles. The van der Waals surface area contributed by atoms with Crippen LogP contribution in [0.5, 0.6) is 0 Å². The fourth-order valence-electron chi connectivity index (χ4n) is 4.34. The summed E-state index contributed by atoms with van der Waals surface area (Å²) in [6, 6.07) is 0.